The Morgan fingerprint density at radius 3 is 3.04 bits per heavy atom. The molecule has 1 unspecified atom stereocenters. The second-order valence-electron chi connectivity index (χ2n) is 5.71. The minimum Gasteiger partial charge on any atom is -0.497 e. The lowest BCUT2D eigenvalue weighted by molar-refractivity contribution is -0.108. The number of furan rings is 1. The molecule has 4 rings (SSSR count). The first-order chi connectivity index (χ1) is 12.8. The number of anilines is 4. The Morgan fingerprint density at radius 2 is 2.27 bits per heavy atom. The van der Waals surface area contributed by atoms with Crippen LogP contribution in [0.25, 0.3) is 0 Å². The number of rotatable bonds is 6. The number of hydrogen-bond acceptors (Lipinski definition) is 8. The van der Waals surface area contributed by atoms with Crippen molar-refractivity contribution in [3.63, 3.8) is 0 Å². The Kier molecular flexibility index (Phi) is 4.14. The van der Waals surface area contributed by atoms with Gasteiger partial charge in [-0.3, -0.25) is 4.79 Å². The molecule has 0 saturated heterocycles. The molecule has 1 atom stereocenters. The highest BCUT2D eigenvalue weighted by Crippen LogP contribution is 2.38. The first kappa shape index (κ1) is 15.9. The fraction of sp³-hybridized carbons (Fsp3) is 0.167. The maximum absolute atomic E-state index is 11.5. The summed E-state index contributed by atoms with van der Waals surface area (Å²) in [4.78, 5) is 22.0. The maximum Gasteiger partial charge on any atom is 0.162 e. The molecule has 26 heavy (non-hydrogen) atoms. The topological polar surface area (TPSA) is 92.5 Å². The molecule has 0 amide bonds. The van der Waals surface area contributed by atoms with E-state index in [1.807, 2.05) is 41.3 Å². The summed E-state index contributed by atoms with van der Waals surface area (Å²) in [6, 6.07) is 11.2. The number of aromatic nitrogens is 2. The molecule has 0 bridgehead atoms. The molecule has 2 N–H and O–H groups in total. The Labute approximate surface area is 149 Å². The van der Waals surface area contributed by atoms with Gasteiger partial charge >= 0.3 is 0 Å². The third kappa shape index (κ3) is 2.92. The van der Waals surface area contributed by atoms with Crippen LogP contribution in [0.3, 0.4) is 0 Å². The van der Waals surface area contributed by atoms with Crippen molar-refractivity contribution >= 4 is 29.3 Å². The van der Waals surface area contributed by atoms with E-state index < -0.39 is 6.17 Å². The molecule has 0 aliphatic carbocycles. The van der Waals surface area contributed by atoms with Gasteiger partial charge in [-0.1, -0.05) is 6.07 Å². The van der Waals surface area contributed by atoms with Gasteiger partial charge in [0.2, 0.25) is 0 Å². The molecule has 1 aliphatic rings. The van der Waals surface area contributed by atoms with Crippen molar-refractivity contribution in [3.8, 4) is 5.75 Å². The van der Waals surface area contributed by atoms with Crippen molar-refractivity contribution in [2.45, 2.75) is 12.7 Å². The average Bonchev–Trinajstić information content (AvgIpc) is 3.31. The molecule has 8 nitrogen and oxygen atoms in total. The molecule has 8 heteroatoms. The summed E-state index contributed by atoms with van der Waals surface area (Å²) in [7, 11) is 1.62. The molecule has 0 saturated carbocycles. The summed E-state index contributed by atoms with van der Waals surface area (Å²) < 4.78 is 10.6. The van der Waals surface area contributed by atoms with E-state index in [-0.39, 0.29) is 0 Å². The zero-order valence-corrected chi connectivity index (χ0v) is 14.0. The van der Waals surface area contributed by atoms with E-state index in [1.54, 1.807) is 13.4 Å². The van der Waals surface area contributed by atoms with E-state index in [0.29, 0.717) is 23.9 Å². The van der Waals surface area contributed by atoms with E-state index in [0.717, 1.165) is 23.5 Å². The molecular weight excluding hydrogens is 334 g/mol. The highest BCUT2D eigenvalue weighted by atomic mass is 16.5. The first-order valence-electron chi connectivity index (χ1n) is 8.05. The number of benzene rings is 1. The fourth-order valence-corrected chi connectivity index (χ4v) is 2.87. The zero-order valence-electron chi connectivity index (χ0n) is 14.0. The zero-order chi connectivity index (χ0) is 17.9. The first-order valence-corrected chi connectivity index (χ1v) is 8.05. The van der Waals surface area contributed by atoms with E-state index in [9.17, 15) is 4.79 Å². The molecular formula is C18H17N5O3. The third-order valence-electron chi connectivity index (χ3n) is 4.09. The van der Waals surface area contributed by atoms with Crippen molar-refractivity contribution < 1.29 is 13.9 Å². The summed E-state index contributed by atoms with van der Waals surface area (Å²) in [5.74, 6) is 2.70. The quantitative estimate of drug-likeness (QED) is 0.655. The van der Waals surface area contributed by atoms with Crippen LogP contribution in [0.1, 0.15) is 5.76 Å². The van der Waals surface area contributed by atoms with Crippen molar-refractivity contribution in [2.75, 3.05) is 22.6 Å². The number of methoxy groups -OCH3 is 1. The van der Waals surface area contributed by atoms with Crippen molar-refractivity contribution in [1.29, 1.82) is 0 Å². The smallest absolute Gasteiger partial charge is 0.162 e. The molecule has 3 aromatic rings. The molecule has 2 aromatic heterocycles. The van der Waals surface area contributed by atoms with Crippen LogP contribution < -0.4 is 20.3 Å². The highest BCUT2D eigenvalue weighted by Gasteiger charge is 2.32. The molecule has 132 valence electrons. The number of nitrogens with zero attached hydrogens (tertiary/aromatic N) is 3. The van der Waals surface area contributed by atoms with Crippen LogP contribution in [-0.2, 0) is 11.3 Å². The van der Waals surface area contributed by atoms with Gasteiger partial charge in [0.15, 0.2) is 24.1 Å². The number of carbonyl (C=O) groups is 1. The Hall–Kier alpha value is -3.55. The Morgan fingerprint density at radius 1 is 1.35 bits per heavy atom. The predicted molar refractivity (Wildman–Crippen MR) is 96.7 cm³/mol. The second kappa shape index (κ2) is 6.75. The number of fused-ring (bicyclic) bond motifs is 1. The van der Waals surface area contributed by atoms with Crippen LogP contribution >= 0.6 is 0 Å². The van der Waals surface area contributed by atoms with Crippen molar-refractivity contribution in [1.82, 2.24) is 9.97 Å². The number of aldehydes is 1. The van der Waals surface area contributed by atoms with Crippen LogP contribution in [0.15, 0.2) is 53.4 Å². The SMILES string of the molecule is COc1cccc(Nc2ncnc3c2NC(C=O)N3Cc2ccco2)c1. The van der Waals surface area contributed by atoms with Gasteiger partial charge in [-0.25, -0.2) is 9.97 Å². The normalized spacial score (nSPS) is 15.3. The van der Waals surface area contributed by atoms with Crippen molar-refractivity contribution in [2.24, 2.45) is 0 Å². The summed E-state index contributed by atoms with van der Waals surface area (Å²) in [6.45, 7) is 0.423. The molecule has 1 aromatic carbocycles. The molecule has 1 aliphatic heterocycles. The van der Waals surface area contributed by atoms with Gasteiger partial charge in [0, 0.05) is 11.8 Å². The fourth-order valence-electron chi connectivity index (χ4n) is 2.87. The van der Waals surface area contributed by atoms with Gasteiger partial charge in [0.05, 0.1) is 19.9 Å². The second-order valence-corrected chi connectivity index (χ2v) is 5.71. The maximum atomic E-state index is 11.5. The number of ether oxygens (including phenoxy) is 1. The van der Waals surface area contributed by atoms with E-state index >= 15 is 0 Å². The van der Waals surface area contributed by atoms with E-state index in [2.05, 4.69) is 20.6 Å². The molecule has 0 fully saturated rings. The lowest BCUT2D eigenvalue weighted by Crippen LogP contribution is -2.36. The minimum absolute atomic E-state index is 0.423. The molecule has 3 heterocycles. The molecule has 0 spiro atoms. The number of carbonyl (C=O) groups excluding carboxylic acids is 1. The predicted octanol–water partition coefficient (Wildman–Crippen LogP) is 2.78. The monoisotopic (exact) mass is 351 g/mol. The van der Waals surface area contributed by atoms with Gasteiger partial charge in [0.1, 0.15) is 23.5 Å². The lowest BCUT2D eigenvalue weighted by Gasteiger charge is -2.20. The van der Waals surface area contributed by atoms with E-state index in [4.69, 9.17) is 9.15 Å². The van der Waals surface area contributed by atoms with E-state index in [1.165, 1.54) is 6.33 Å². The van der Waals surface area contributed by atoms with Gasteiger partial charge in [-0.2, -0.15) is 0 Å². The third-order valence-corrected chi connectivity index (χ3v) is 4.09. The average molecular weight is 351 g/mol. The highest BCUT2D eigenvalue weighted by molar-refractivity contribution is 5.89. The van der Waals surface area contributed by atoms with Crippen LogP contribution in [0.2, 0.25) is 0 Å². The largest absolute Gasteiger partial charge is 0.497 e. The van der Waals surface area contributed by atoms with Crippen LogP contribution in [0, 0.1) is 0 Å². The van der Waals surface area contributed by atoms with Gasteiger partial charge < -0.3 is 24.7 Å². The van der Waals surface area contributed by atoms with Crippen LogP contribution in [0.5, 0.6) is 5.75 Å². The van der Waals surface area contributed by atoms with Gasteiger partial charge in [-0.15, -0.1) is 0 Å². The standard InChI is InChI=1S/C18H17N5O3/c1-25-13-5-2-4-12(8-13)21-17-16-18(20-11-19-17)23(15(10-24)22-16)9-14-6-3-7-26-14/h2-8,10-11,15,22H,9H2,1H3,(H,19,20,21). The van der Waals surface area contributed by atoms with Crippen molar-refractivity contribution in [3.05, 3.63) is 54.7 Å². The minimum atomic E-state index is -0.544. The summed E-state index contributed by atoms with van der Waals surface area (Å²) in [6.07, 6.45) is 3.36. The number of nitrogens with one attached hydrogen (secondary N) is 2. The van der Waals surface area contributed by atoms with Crippen LogP contribution in [-0.4, -0.2) is 29.5 Å². The summed E-state index contributed by atoms with van der Waals surface area (Å²) in [5, 5.41) is 6.40. The summed E-state index contributed by atoms with van der Waals surface area (Å²) in [5.41, 5.74) is 1.48. The molecule has 0 radical (unpaired) electrons. The van der Waals surface area contributed by atoms with Gasteiger partial charge in [-0.05, 0) is 24.3 Å². The van der Waals surface area contributed by atoms with Gasteiger partial charge in [0.25, 0.3) is 0 Å². The summed E-state index contributed by atoms with van der Waals surface area (Å²) >= 11 is 0. The van der Waals surface area contributed by atoms with Crippen LogP contribution in [0.4, 0.5) is 23.0 Å². The Bertz CT molecular complexity index is 913. The Balaban J connectivity index is 1.65. The lowest BCUT2D eigenvalue weighted by atomic mass is 10.3. The number of hydrogen-bond donors (Lipinski definition) is 2.